The van der Waals surface area contributed by atoms with Gasteiger partial charge in [0.1, 0.15) is 11.6 Å². The fourth-order valence-electron chi connectivity index (χ4n) is 3.41. The lowest BCUT2D eigenvalue weighted by Gasteiger charge is -2.31. The highest BCUT2D eigenvalue weighted by molar-refractivity contribution is 7.71. The Bertz CT molecular complexity index is 1020. The summed E-state index contributed by atoms with van der Waals surface area (Å²) in [5.74, 6) is 1.91. The predicted octanol–water partition coefficient (Wildman–Crippen LogP) is 2.99. The molecular formula is C17H19ClN6O2S. The van der Waals surface area contributed by atoms with Crippen molar-refractivity contribution in [1.82, 2.24) is 29.4 Å². The average Bonchev–Trinajstić information content (AvgIpc) is 3.37. The molecule has 3 aromatic heterocycles. The Kier molecular flexibility index (Phi) is 4.88. The molecule has 1 saturated heterocycles. The number of aromatic nitrogens is 5. The molecule has 4 heterocycles. The van der Waals surface area contributed by atoms with Gasteiger partial charge < -0.3 is 13.9 Å². The molecule has 0 saturated carbocycles. The number of hydrogen-bond donors (Lipinski definition) is 1. The summed E-state index contributed by atoms with van der Waals surface area (Å²) >= 11 is 11.1. The minimum Gasteiger partial charge on any atom is -0.454 e. The van der Waals surface area contributed by atoms with Crippen molar-refractivity contribution in [3.63, 3.8) is 0 Å². The fourth-order valence-corrected chi connectivity index (χ4v) is 3.71. The molecule has 1 amide bonds. The number of H-pyrrole nitrogens is 1. The van der Waals surface area contributed by atoms with Crippen LogP contribution in [0.25, 0.3) is 0 Å². The summed E-state index contributed by atoms with van der Waals surface area (Å²) in [5.41, 5.74) is 0. The van der Waals surface area contributed by atoms with Gasteiger partial charge in [0.25, 0.3) is 5.91 Å². The minimum atomic E-state index is -0.110. The molecule has 1 unspecified atom stereocenters. The molecule has 1 atom stereocenters. The molecule has 0 aliphatic carbocycles. The highest BCUT2D eigenvalue weighted by Gasteiger charge is 2.29. The van der Waals surface area contributed by atoms with Gasteiger partial charge in [0.05, 0.1) is 17.8 Å². The Morgan fingerprint density at radius 1 is 1.48 bits per heavy atom. The van der Waals surface area contributed by atoms with Gasteiger partial charge in [0, 0.05) is 32.3 Å². The summed E-state index contributed by atoms with van der Waals surface area (Å²) in [6.45, 7) is 1.72. The number of likely N-dealkylation sites (tertiary alicyclic amines) is 1. The molecule has 10 heteroatoms. The van der Waals surface area contributed by atoms with Crippen LogP contribution in [0.4, 0.5) is 0 Å². The maximum atomic E-state index is 12.9. The van der Waals surface area contributed by atoms with Gasteiger partial charge in [-0.25, -0.2) is 0 Å². The minimum absolute atomic E-state index is 0.110. The van der Waals surface area contributed by atoms with Gasteiger partial charge in [-0.1, -0.05) is 11.6 Å². The number of carbonyl (C=O) groups is 1. The SMILES string of the molecule is Cn1c(C2CCCN(C(=O)c3ccc(Cn4cc(Cl)cn4)o3)C2)n[nH]c1=S. The van der Waals surface area contributed by atoms with Gasteiger partial charge in [-0.05, 0) is 37.2 Å². The monoisotopic (exact) mass is 406 g/mol. The lowest BCUT2D eigenvalue weighted by Crippen LogP contribution is -2.39. The van der Waals surface area contributed by atoms with Crippen molar-refractivity contribution in [1.29, 1.82) is 0 Å². The molecule has 1 fully saturated rings. The van der Waals surface area contributed by atoms with E-state index in [9.17, 15) is 4.79 Å². The Labute approximate surface area is 165 Å². The number of furan rings is 1. The number of rotatable bonds is 4. The van der Waals surface area contributed by atoms with Gasteiger partial charge >= 0.3 is 0 Å². The van der Waals surface area contributed by atoms with E-state index >= 15 is 0 Å². The van der Waals surface area contributed by atoms with Gasteiger partial charge in [0.15, 0.2) is 10.5 Å². The lowest BCUT2D eigenvalue weighted by atomic mass is 9.97. The standard InChI is InChI=1S/C17H19ClN6O2S/c1-22-15(20-21-17(22)27)11-3-2-6-23(8-11)16(25)14-5-4-13(26-14)10-24-9-12(18)7-19-24/h4-5,7,9,11H,2-3,6,8,10H2,1H3,(H,21,27). The molecule has 3 aromatic rings. The van der Waals surface area contributed by atoms with E-state index in [1.165, 1.54) is 0 Å². The normalized spacial score (nSPS) is 17.4. The van der Waals surface area contributed by atoms with Crippen LogP contribution in [-0.2, 0) is 13.6 Å². The predicted molar refractivity (Wildman–Crippen MR) is 101 cm³/mol. The molecule has 4 rings (SSSR count). The number of aromatic amines is 1. The second-order valence-corrected chi connectivity index (χ2v) is 7.48. The van der Waals surface area contributed by atoms with Crippen LogP contribution in [0.5, 0.6) is 0 Å². The van der Waals surface area contributed by atoms with Crippen LogP contribution in [0.15, 0.2) is 28.9 Å². The molecule has 8 nitrogen and oxygen atoms in total. The van der Waals surface area contributed by atoms with E-state index in [1.807, 2.05) is 16.5 Å². The number of nitrogens with one attached hydrogen (secondary N) is 1. The summed E-state index contributed by atoms with van der Waals surface area (Å²) in [5, 5.41) is 11.8. The zero-order chi connectivity index (χ0) is 19.0. The lowest BCUT2D eigenvalue weighted by molar-refractivity contribution is 0.0669. The molecule has 142 valence electrons. The number of carbonyl (C=O) groups excluding carboxylic acids is 1. The third kappa shape index (κ3) is 3.70. The van der Waals surface area contributed by atoms with Crippen molar-refractivity contribution in [3.05, 3.63) is 51.7 Å². The van der Waals surface area contributed by atoms with E-state index in [2.05, 4.69) is 15.3 Å². The Morgan fingerprint density at radius 3 is 3.04 bits per heavy atom. The van der Waals surface area contributed by atoms with Crippen LogP contribution in [0, 0.1) is 4.77 Å². The molecule has 0 radical (unpaired) electrons. The van der Waals surface area contributed by atoms with Gasteiger partial charge in [-0.15, -0.1) is 0 Å². The van der Waals surface area contributed by atoms with Crippen LogP contribution >= 0.6 is 23.8 Å². The molecule has 0 spiro atoms. The molecule has 1 aliphatic rings. The molecule has 27 heavy (non-hydrogen) atoms. The molecule has 0 aromatic carbocycles. The van der Waals surface area contributed by atoms with E-state index in [4.69, 9.17) is 28.2 Å². The number of halogens is 1. The van der Waals surface area contributed by atoms with E-state index < -0.39 is 0 Å². The zero-order valence-electron chi connectivity index (χ0n) is 14.8. The third-order valence-corrected chi connectivity index (χ3v) is 5.34. The third-order valence-electron chi connectivity index (χ3n) is 4.78. The summed E-state index contributed by atoms with van der Waals surface area (Å²) in [7, 11) is 1.89. The summed E-state index contributed by atoms with van der Waals surface area (Å²) < 4.78 is 9.86. The summed E-state index contributed by atoms with van der Waals surface area (Å²) in [6.07, 6.45) is 5.15. The molecule has 1 N–H and O–H groups in total. The fraction of sp³-hybridized carbons (Fsp3) is 0.412. The number of amides is 1. The highest BCUT2D eigenvalue weighted by atomic mass is 35.5. The van der Waals surface area contributed by atoms with E-state index in [0.717, 1.165) is 18.7 Å². The van der Waals surface area contributed by atoms with Gasteiger partial charge in [-0.2, -0.15) is 10.2 Å². The average molecular weight is 407 g/mol. The summed E-state index contributed by atoms with van der Waals surface area (Å²) in [4.78, 5) is 14.7. The zero-order valence-corrected chi connectivity index (χ0v) is 16.3. The Morgan fingerprint density at radius 2 is 2.33 bits per heavy atom. The first-order chi connectivity index (χ1) is 13.0. The van der Waals surface area contributed by atoms with Crippen molar-refractivity contribution in [2.24, 2.45) is 7.05 Å². The smallest absolute Gasteiger partial charge is 0.289 e. The van der Waals surface area contributed by atoms with Crippen LogP contribution in [-0.4, -0.2) is 48.4 Å². The van der Waals surface area contributed by atoms with Gasteiger partial charge in [0.2, 0.25) is 0 Å². The number of piperidine rings is 1. The highest BCUT2D eigenvalue weighted by Crippen LogP contribution is 2.26. The second-order valence-electron chi connectivity index (χ2n) is 6.66. The Hall–Kier alpha value is -2.39. The number of nitrogens with zero attached hydrogens (tertiary/aromatic N) is 5. The van der Waals surface area contributed by atoms with Crippen molar-refractivity contribution in [3.8, 4) is 0 Å². The first-order valence-corrected chi connectivity index (χ1v) is 9.47. The van der Waals surface area contributed by atoms with Crippen molar-refractivity contribution in [2.75, 3.05) is 13.1 Å². The van der Waals surface area contributed by atoms with Crippen LogP contribution in [0.3, 0.4) is 0 Å². The topological polar surface area (TPSA) is 84.9 Å². The van der Waals surface area contributed by atoms with Crippen LogP contribution in [0.1, 0.15) is 40.9 Å². The van der Waals surface area contributed by atoms with E-state index in [1.54, 1.807) is 29.2 Å². The van der Waals surface area contributed by atoms with Crippen molar-refractivity contribution in [2.45, 2.75) is 25.3 Å². The maximum Gasteiger partial charge on any atom is 0.289 e. The maximum absolute atomic E-state index is 12.9. The van der Waals surface area contributed by atoms with E-state index in [-0.39, 0.29) is 11.8 Å². The van der Waals surface area contributed by atoms with Gasteiger partial charge in [-0.3, -0.25) is 14.6 Å². The van der Waals surface area contributed by atoms with Crippen LogP contribution in [0.2, 0.25) is 5.02 Å². The van der Waals surface area contributed by atoms with Crippen LogP contribution < -0.4 is 0 Å². The Balaban J connectivity index is 1.46. The molecule has 1 aliphatic heterocycles. The number of hydrogen-bond acceptors (Lipinski definition) is 5. The quantitative estimate of drug-likeness (QED) is 0.673. The van der Waals surface area contributed by atoms with Crippen molar-refractivity contribution < 1.29 is 9.21 Å². The molecule has 0 bridgehead atoms. The first kappa shape index (κ1) is 18.0. The molecular weight excluding hydrogens is 388 g/mol. The first-order valence-electron chi connectivity index (χ1n) is 8.68. The largest absolute Gasteiger partial charge is 0.454 e. The second kappa shape index (κ2) is 7.32. The van der Waals surface area contributed by atoms with E-state index in [0.29, 0.717) is 40.9 Å². The summed E-state index contributed by atoms with van der Waals surface area (Å²) in [6, 6.07) is 3.50. The van der Waals surface area contributed by atoms with Crippen molar-refractivity contribution >= 4 is 29.7 Å².